The largest absolute Gasteiger partial charge is 0.397 e. The number of hydrogen-bond acceptors (Lipinski definition) is 2. The van der Waals surface area contributed by atoms with Crippen molar-refractivity contribution < 1.29 is 0 Å². The highest BCUT2D eigenvalue weighted by molar-refractivity contribution is 6.34. The van der Waals surface area contributed by atoms with Crippen molar-refractivity contribution in [1.29, 1.82) is 0 Å². The summed E-state index contributed by atoms with van der Waals surface area (Å²) in [5, 5.41) is 1.76. The zero-order valence-corrected chi connectivity index (χ0v) is 11.3. The molecule has 3 heteroatoms. The number of nitrogen functional groups attached to an aromatic ring is 1. The van der Waals surface area contributed by atoms with E-state index in [1.165, 1.54) is 0 Å². The molecule has 2 N–H and O–H groups in total. The number of pyridine rings is 1. The molecule has 19 heavy (non-hydrogen) atoms. The molecular weight excluding hydrogens is 256 g/mol. The third-order valence-corrected chi connectivity index (χ3v) is 3.60. The van der Waals surface area contributed by atoms with Gasteiger partial charge in [0.15, 0.2) is 0 Å². The number of hydrogen-bond donors (Lipinski definition) is 1. The number of anilines is 1. The Morgan fingerprint density at radius 2 is 1.84 bits per heavy atom. The fourth-order valence-electron chi connectivity index (χ4n) is 2.39. The summed E-state index contributed by atoms with van der Waals surface area (Å²) in [6.45, 7) is 2.06. The lowest BCUT2D eigenvalue weighted by Crippen LogP contribution is -1.95. The maximum Gasteiger partial charge on any atom is 0.0712 e. The van der Waals surface area contributed by atoms with Gasteiger partial charge in [0, 0.05) is 21.5 Å². The highest BCUT2D eigenvalue weighted by Crippen LogP contribution is 2.37. The van der Waals surface area contributed by atoms with Gasteiger partial charge in [0.2, 0.25) is 0 Å². The van der Waals surface area contributed by atoms with E-state index in [0.717, 1.165) is 27.6 Å². The van der Waals surface area contributed by atoms with Gasteiger partial charge in [-0.1, -0.05) is 41.9 Å². The summed E-state index contributed by atoms with van der Waals surface area (Å²) < 4.78 is 0. The molecule has 2 nitrogen and oxygen atoms in total. The predicted molar refractivity (Wildman–Crippen MR) is 81.3 cm³/mol. The molecule has 0 saturated carbocycles. The van der Waals surface area contributed by atoms with Gasteiger partial charge in [0.05, 0.1) is 17.4 Å². The van der Waals surface area contributed by atoms with Crippen LogP contribution in [0.25, 0.3) is 22.0 Å². The molecule has 0 atom stereocenters. The van der Waals surface area contributed by atoms with E-state index in [9.17, 15) is 0 Å². The van der Waals surface area contributed by atoms with E-state index >= 15 is 0 Å². The summed E-state index contributed by atoms with van der Waals surface area (Å²) in [7, 11) is 0. The molecule has 0 aliphatic heterocycles. The van der Waals surface area contributed by atoms with Crippen LogP contribution in [0.15, 0.2) is 48.7 Å². The molecule has 3 aromatic rings. The first-order valence-corrected chi connectivity index (χ1v) is 6.45. The Labute approximate surface area is 116 Å². The second kappa shape index (κ2) is 4.56. The lowest BCUT2D eigenvalue weighted by Gasteiger charge is -2.13. The highest BCUT2D eigenvalue weighted by atomic mass is 35.5. The van der Waals surface area contributed by atoms with Crippen LogP contribution in [0.2, 0.25) is 5.02 Å². The quantitative estimate of drug-likeness (QED) is 0.708. The Hall–Kier alpha value is -2.06. The lowest BCUT2D eigenvalue weighted by molar-refractivity contribution is 1.39. The Bertz CT molecular complexity index is 766. The minimum atomic E-state index is 0.648. The first-order chi connectivity index (χ1) is 9.18. The minimum absolute atomic E-state index is 0.648. The average molecular weight is 269 g/mol. The first-order valence-electron chi connectivity index (χ1n) is 6.07. The molecule has 0 aliphatic rings. The zero-order valence-electron chi connectivity index (χ0n) is 10.5. The average Bonchev–Trinajstić information content (AvgIpc) is 2.41. The van der Waals surface area contributed by atoms with Gasteiger partial charge in [-0.3, -0.25) is 4.98 Å². The van der Waals surface area contributed by atoms with Gasteiger partial charge in [-0.25, -0.2) is 0 Å². The topological polar surface area (TPSA) is 38.9 Å². The monoisotopic (exact) mass is 268 g/mol. The molecule has 1 heterocycles. The van der Waals surface area contributed by atoms with Gasteiger partial charge < -0.3 is 5.73 Å². The van der Waals surface area contributed by atoms with Crippen LogP contribution in [0.5, 0.6) is 0 Å². The van der Waals surface area contributed by atoms with E-state index in [0.29, 0.717) is 10.7 Å². The van der Waals surface area contributed by atoms with Crippen LogP contribution < -0.4 is 5.73 Å². The number of aromatic nitrogens is 1. The summed E-state index contributed by atoms with van der Waals surface area (Å²) in [5.74, 6) is 0. The zero-order chi connectivity index (χ0) is 13.4. The first kappa shape index (κ1) is 12.0. The van der Waals surface area contributed by atoms with Gasteiger partial charge in [0.1, 0.15) is 0 Å². The van der Waals surface area contributed by atoms with E-state index in [2.05, 4.69) is 18.0 Å². The SMILES string of the molecule is Cc1cccc2ncc(N)c(-c3ccccc3Cl)c12. The Kier molecular flexibility index (Phi) is 2.88. The predicted octanol–water partition coefficient (Wildman–Crippen LogP) is 4.45. The number of nitrogens with two attached hydrogens (primary N) is 1. The number of benzene rings is 2. The van der Waals surface area contributed by atoms with Crippen molar-refractivity contribution in [3.05, 3.63) is 59.2 Å². The maximum absolute atomic E-state index is 6.31. The van der Waals surface area contributed by atoms with E-state index in [4.69, 9.17) is 17.3 Å². The van der Waals surface area contributed by atoms with Crippen LogP contribution in [0.3, 0.4) is 0 Å². The van der Waals surface area contributed by atoms with E-state index in [1.54, 1.807) is 6.20 Å². The Balaban J connectivity index is 2.47. The molecule has 0 unspecified atom stereocenters. The molecular formula is C16H13ClN2. The molecule has 0 amide bonds. The standard InChI is InChI=1S/C16H13ClN2/c1-10-5-4-8-14-15(10)16(13(18)9-19-14)11-6-2-3-7-12(11)17/h2-9H,18H2,1H3. The normalized spacial score (nSPS) is 10.8. The fourth-order valence-corrected chi connectivity index (χ4v) is 2.62. The summed E-state index contributed by atoms with van der Waals surface area (Å²) in [5.41, 5.74) is 10.8. The molecule has 0 fully saturated rings. The molecule has 0 saturated heterocycles. The van der Waals surface area contributed by atoms with E-state index < -0.39 is 0 Å². The van der Waals surface area contributed by atoms with Crippen molar-refractivity contribution in [3.8, 4) is 11.1 Å². The number of rotatable bonds is 1. The van der Waals surface area contributed by atoms with Crippen molar-refractivity contribution in [2.75, 3.05) is 5.73 Å². The van der Waals surface area contributed by atoms with Crippen molar-refractivity contribution in [2.45, 2.75) is 6.92 Å². The lowest BCUT2D eigenvalue weighted by atomic mass is 9.97. The number of fused-ring (bicyclic) bond motifs is 1. The molecule has 94 valence electrons. The van der Waals surface area contributed by atoms with E-state index in [1.807, 2.05) is 36.4 Å². The van der Waals surface area contributed by atoms with Gasteiger partial charge in [-0.15, -0.1) is 0 Å². The van der Waals surface area contributed by atoms with Crippen LogP contribution in [0.1, 0.15) is 5.56 Å². The summed E-state index contributed by atoms with van der Waals surface area (Å²) in [6, 6.07) is 13.8. The second-order valence-electron chi connectivity index (χ2n) is 4.54. The molecule has 0 radical (unpaired) electrons. The Morgan fingerprint density at radius 1 is 1.05 bits per heavy atom. The van der Waals surface area contributed by atoms with Gasteiger partial charge >= 0.3 is 0 Å². The smallest absolute Gasteiger partial charge is 0.0712 e. The number of nitrogens with zero attached hydrogens (tertiary/aromatic N) is 1. The van der Waals surface area contributed by atoms with Crippen LogP contribution >= 0.6 is 11.6 Å². The summed E-state index contributed by atoms with van der Waals surface area (Å²) in [4.78, 5) is 4.39. The van der Waals surface area contributed by atoms with Crippen LogP contribution in [0, 0.1) is 6.92 Å². The maximum atomic E-state index is 6.31. The number of halogens is 1. The fraction of sp³-hybridized carbons (Fsp3) is 0.0625. The molecule has 2 aromatic carbocycles. The van der Waals surface area contributed by atoms with Gasteiger partial charge in [-0.2, -0.15) is 0 Å². The third-order valence-electron chi connectivity index (χ3n) is 3.28. The summed E-state index contributed by atoms with van der Waals surface area (Å²) >= 11 is 6.31. The van der Waals surface area contributed by atoms with Gasteiger partial charge in [-0.05, 0) is 24.6 Å². The summed E-state index contributed by atoms with van der Waals surface area (Å²) in [6.07, 6.45) is 1.69. The van der Waals surface area contributed by atoms with Crippen molar-refractivity contribution >= 4 is 28.2 Å². The molecule has 0 spiro atoms. The van der Waals surface area contributed by atoms with Crippen molar-refractivity contribution in [3.63, 3.8) is 0 Å². The Morgan fingerprint density at radius 3 is 2.63 bits per heavy atom. The van der Waals surface area contributed by atoms with E-state index in [-0.39, 0.29) is 0 Å². The van der Waals surface area contributed by atoms with Crippen molar-refractivity contribution in [1.82, 2.24) is 4.98 Å². The molecule has 3 rings (SSSR count). The van der Waals surface area contributed by atoms with Gasteiger partial charge in [0.25, 0.3) is 0 Å². The highest BCUT2D eigenvalue weighted by Gasteiger charge is 2.13. The van der Waals surface area contributed by atoms with Crippen LogP contribution in [-0.4, -0.2) is 4.98 Å². The third kappa shape index (κ3) is 1.94. The molecule has 1 aromatic heterocycles. The molecule has 0 aliphatic carbocycles. The van der Waals surface area contributed by atoms with Crippen molar-refractivity contribution in [2.24, 2.45) is 0 Å². The van der Waals surface area contributed by atoms with Crippen LogP contribution in [-0.2, 0) is 0 Å². The molecule has 0 bridgehead atoms. The van der Waals surface area contributed by atoms with Crippen LogP contribution in [0.4, 0.5) is 5.69 Å². The minimum Gasteiger partial charge on any atom is -0.397 e. The number of aryl methyl sites for hydroxylation is 1. The second-order valence-corrected chi connectivity index (χ2v) is 4.94.